The third-order valence-corrected chi connectivity index (χ3v) is 4.84. The molecule has 0 saturated heterocycles. The summed E-state index contributed by atoms with van der Waals surface area (Å²) in [6.45, 7) is 1.88. The topological polar surface area (TPSA) is 64.6 Å². The highest BCUT2D eigenvalue weighted by Gasteiger charge is 2.23. The second-order valence-corrected chi connectivity index (χ2v) is 6.95. The van der Waals surface area contributed by atoms with Crippen molar-refractivity contribution in [3.63, 3.8) is 0 Å². The van der Waals surface area contributed by atoms with E-state index in [-0.39, 0.29) is 18.6 Å². The van der Waals surface area contributed by atoms with E-state index in [1.165, 1.54) is 6.42 Å². The van der Waals surface area contributed by atoms with Gasteiger partial charge in [-0.25, -0.2) is 4.79 Å². The molecule has 2 aromatic carbocycles. The van der Waals surface area contributed by atoms with Crippen LogP contribution in [-0.2, 0) is 9.53 Å². The molecule has 0 aromatic heterocycles. The van der Waals surface area contributed by atoms with Gasteiger partial charge in [0.05, 0.1) is 5.56 Å². The van der Waals surface area contributed by atoms with Gasteiger partial charge in [-0.3, -0.25) is 4.79 Å². The van der Waals surface area contributed by atoms with Crippen LogP contribution in [0.3, 0.4) is 0 Å². The van der Waals surface area contributed by atoms with Crippen LogP contribution < -0.4 is 10.1 Å². The first kappa shape index (κ1) is 19.0. The molecule has 1 aliphatic rings. The number of hydrogen-bond donors (Lipinski definition) is 1. The highest BCUT2D eigenvalue weighted by atomic mass is 16.5. The summed E-state index contributed by atoms with van der Waals surface area (Å²) >= 11 is 0. The maximum atomic E-state index is 12.3. The third-order valence-electron chi connectivity index (χ3n) is 4.84. The molecule has 3 rings (SSSR count). The number of ether oxygens (including phenoxy) is 2. The van der Waals surface area contributed by atoms with Crippen LogP contribution in [0.2, 0.25) is 0 Å². The van der Waals surface area contributed by atoms with Crippen LogP contribution in [0.15, 0.2) is 54.6 Å². The Kier molecular flexibility index (Phi) is 6.47. The summed E-state index contributed by atoms with van der Waals surface area (Å²) in [4.78, 5) is 24.3. The molecule has 0 aliphatic heterocycles. The fourth-order valence-electron chi connectivity index (χ4n) is 3.30. The summed E-state index contributed by atoms with van der Waals surface area (Å²) < 4.78 is 10.9. The maximum Gasteiger partial charge on any atom is 0.338 e. The van der Waals surface area contributed by atoms with Crippen LogP contribution in [0.25, 0.3) is 0 Å². The Labute approximate surface area is 159 Å². The molecule has 1 saturated carbocycles. The van der Waals surface area contributed by atoms with Crippen molar-refractivity contribution < 1.29 is 19.1 Å². The van der Waals surface area contributed by atoms with Gasteiger partial charge in [0.25, 0.3) is 5.91 Å². The summed E-state index contributed by atoms with van der Waals surface area (Å²) in [7, 11) is 0. The fourth-order valence-corrected chi connectivity index (χ4v) is 3.30. The van der Waals surface area contributed by atoms with Crippen molar-refractivity contribution in [3.8, 4) is 11.5 Å². The van der Waals surface area contributed by atoms with Crippen molar-refractivity contribution in [2.75, 3.05) is 6.61 Å². The van der Waals surface area contributed by atoms with Crippen molar-refractivity contribution in [2.45, 2.75) is 38.6 Å². The minimum absolute atomic E-state index is 0.174. The van der Waals surface area contributed by atoms with E-state index in [2.05, 4.69) is 12.2 Å². The predicted molar refractivity (Wildman–Crippen MR) is 103 cm³/mol. The van der Waals surface area contributed by atoms with Gasteiger partial charge >= 0.3 is 5.97 Å². The van der Waals surface area contributed by atoms with E-state index in [0.717, 1.165) is 19.3 Å². The first-order valence-electron chi connectivity index (χ1n) is 9.41. The van der Waals surface area contributed by atoms with Crippen molar-refractivity contribution in [2.24, 2.45) is 5.92 Å². The Morgan fingerprint density at radius 1 is 1.00 bits per heavy atom. The molecule has 0 heterocycles. The molecular weight excluding hydrogens is 342 g/mol. The molecule has 1 amide bonds. The third kappa shape index (κ3) is 5.58. The molecule has 0 spiro atoms. The number of esters is 1. The largest absolute Gasteiger partial charge is 0.457 e. The Morgan fingerprint density at radius 2 is 1.74 bits per heavy atom. The van der Waals surface area contributed by atoms with Gasteiger partial charge in [0, 0.05) is 6.04 Å². The van der Waals surface area contributed by atoms with Crippen LogP contribution in [0, 0.1) is 5.92 Å². The molecule has 142 valence electrons. The second kappa shape index (κ2) is 9.21. The summed E-state index contributed by atoms with van der Waals surface area (Å²) in [6, 6.07) is 16.2. The predicted octanol–water partition coefficient (Wildman–Crippen LogP) is 4.33. The number of nitrogens with one attached hydrogen (secondary N) is 1. The second-order valence-electron chi connectivity index (χ2n) is 6.95. The standard InChI is InChI=1S/C22H25NO4/c1-16-8-5-6-13-20(16)23-21(24)15-26-22(25)17-9-7-12-19(14-17)27-18-10-3-2-4-11-18/h2-4,7,9-12,14,16,20H,5-6,8,13,15H2,1H3,(H,23,24)/t16-,20+/m0/s1. The number of hydrogen-bond acceptors (Lipinski definition) is 4. The van der Waals surface area contributed by atoms with E-state index in [4.69, 9.17) is 9.47 Å². The quantitative estimate of drug-likeness (QED) is 0.772. The van der Waals surface area contributed by atoms with Crippen LogP contribution in [0.5, 0.6) is 11.5 Å². The lowest BCUT2D eigenvalue weighted by atomic mass is 9.86. The Hall–Kier alpha value is -2.82. The summed E-state index contributed by atoms with van der Waals surface area (Å²) in [5, 5.41) is 2.98. The van der Waals surface area contributed by atoms with E-state index in [9.17, 15) is 9.59 Å². The Balaban J connectivity index is 1.52. The zero-order chi connectivity index (χ0) is 19.1. The van der Waals surface area contributed by atoms with E-state index >= 15 is 0 Å². The number of para-hydroxylation sites is 1. The lowest BCUT2D eigenvalue weighted by Crippen LogP contribution is -2.42. The van der Waals surface area contributed by atoms with Gasteiger partial charge in [0.2, 0.25) is 0 Å². The first-order valence-corrected chi connectivity index (χ1v) is 9.41. The average Bonchev–Trinajstić information content (AvgIpc) is 2.69. The summed E-state index contributed by atoms with van der Waals surface area (Å²) in [6.07, 6.45) is 4.45. The Bertz CT molecular complexity index is 775. The smallest absolute Gasteiger partial charge is 0.338 e. The minimum atomic E-state index is -0.541. The molecule has 5 nitrogen and oxygen atoms in total. The Morgan fingerprint density at radius 3 is 2.52 bits per heavy atom. The van der Waals surface area contributed by atoms with E-state index in [1.54, 1.807) is 24.3 Å². The van der Waals surface area contributed by atoms with Crippen LogP contribution >= 0.6 is 0 Å². The number of carbonyl (C=O) groups excluding carboxylic acids is 2. The highest BCUT2D eigenvalue weighted by Crippen LogP contribution is 2.24. The minimum Gasteiger partial charge on any atom is -0.457 e. The molecule has 0 unspecified atom stereocenters. The zero-order valence-corrected chi connectivity index (χ0v) is 15.5. The van der Waals surface area contributed by atoms with Gasteiger partial charge in [-0.15, -0.1) is 0 Å². The van der Waals surface area contributed by atoms with E-state index in [0.29, 0.717) is 23.0 Å². The van der Waals surface area contributed by atoms with Crippen molar-refractivity contribution >= 4 is 11.9 Å². The average molecular weight is 367 g/mol. The van der Waals surface area contributed by atoms with Gasteiger partial charge in [0.1, 0.15) is 11.5 Å². The van der Waals surface area contributed by atoms with Crippen LogP contribution in [0.4, 0.5) is 0 Å². The van der Waals surface area contributed by atoms with Crippen molar-refractivity contribution in [1.29, 1.82) is 0 Å². The molecule has 1 aliphatic carbocycles. The van der Waals surface area contributed by atoms with Crippen molar-refractivity contribution in [1.82, 2.24) is 5.32 Å². The maximum absolute atomic E-state index is 12.3. The van der Waals surface area contributed by atoms with Gasteiger partial charge < -0.3 is 14.8 Å². The summed E-state index contributed by atoms with van der Waals surface area (Å²) in [5.41, 5.74) is 0.349. The van der Waals surface area contributed by atoms with Crippen molar-refractivity contribution in [3.05, 3.63) is 60.2 Å². The van der Waals surface area contributed by atoms with Crippen LogP contribution in [-0.4, -0.2) is 24.5 Å². The normalized spacial score (nSPS) is 19.1. The number of rotatable bonds is 6. The molecule has 2 aromatic rings. The summed E-state index contributed by atoms with van der Waals surface area (Å²) in [5.74, 6) is 0.893. The monoisotopic (exact) mass is 367 g/mol. The lowest BCUT2D eigenvalue weighted by Gasteiger charge is -2.29. The molecule has 2 atom stereocenters. The molecule has 27 heavy (non-hydrogen) atoms. The molecule has 5 heteroatoms. The van der Waals surface area contributed by atoms with Crippen LogP contribution in [0.1, 0.15) is 43.0 Å². The molecule has 0 bridgehead atoms. The zero-order valence-electron chi connectivity index (χ0n) is 15.5. The fraction of sp³-hybridized carbons (Fsp3) is 0.364. The first-order chi connectivity index (χ1) is 13.1. The van der Waals surface area contributed by atoms with Gasteiger partial charge in [-0.05, 0) is 49.1 Å². The molecule has 1 N–H and O–H groups in total. The van der Waals surface area contributed by atoms with Gasteiger partial charge in [0.15, 0.2) is 6.61 Å². The molecular formula is C22H25NO4. The van der Waals surface area contributed by atoms with E-state index in [1.807, 2.05) is 30.3 Å². The molecule has 0 radical (unpaired) electrons. The van der Waals surface area contributed by atoms with Gasteiger partial charge in [-0.1, -0.05) is 44.0 Å². The van der Waals surface area contributed by atoms with E-state index < -0.39 is 5.97 Å². The highest BCUT2D eigenvalue weighted by molar-refractivity contribution is 5.91. The SMILES string of the molecule is C[C@H]1CCCC[C@H]1NC(=O)COC(=O)c1cccc(Oc2ccccc2)c1. The van der Waals surface area contributed by atoms with Gasteiger partial charge in [-0.2, -0.15) is 0 Å². The number of carbonyl (C=O) groups is 2. The number of amides is 1. The lowest BCUT2D eigenvalue weighted by molar-refractivity contribution is -0.125. The molecule has 1 fully saturated rings. The number of benzene rings is 2.